The monoisotopic (exact) mass is 189 g/mol. The second-order valence-electron chi connectivity index (χ2n) is 3.52. The van der Waals surface area contributed by atoms with E-state index in [9.17, 15) is 0 Å². The van der Waals surface area contributed by atoms with Gasteiger partial charge in [0.05, 0.1) is 6.61 Å². The van der Waals surface area contributed by atoms with E-state index in [0.717, 1.165) is 13.2 Å². The fraction of sp³-hybridized carbons (Fsp3) is 0.333. The molecule has 0 amide bonds. The number of benzene rings is 1. The molecule has 14 heavy (non-hydrogen) atoms. The van der Waals surface area contributed by atoms with Gasteiger partial charge in [0.1, 0.15) is 0 Å². The first kappa shape index (κ1) is 9.28. The van der Waals surface area contributed by atoms with E-state index in [4.69, 9.17) is 4.74 Å². The van der Waals surface area contributed by atoms with Crippen molar-refractivity contribution < 1.29 is 4.74 Å². The molecule has 0 spiro atoms. The van der Waals surface area contributed by atoms with Crippen LogP contribution in [0.3, 0.4) is 0 Å². The summed E-state index contributed by atoms with van der Waals surface area (Å²) in [5.41, 5.74) is 2.62. The van der Waals surface area contributed by atoms with Gasteiger partial charge >= 0.3 is 0 Å². The van der Waals surface area contributed by atoms with Crippen LogP contribution in [0.15, 0.2) is 30.5 Å². The van der Waals surface area contributed by atoms with Gasteiger partial charge < -0.3 is 9.30 Å². The van der Waals surface area contributed by atoms with E-state index in [2.05, 4.69) is 42.0 Å². The van der Waals surface area contributed by atoms with Crippen molar-refractivity contribution in [3.05, 3.63) is 36.0 Å². The Morgan fingerprint density at radius 3 is 2.86 bits per heavy atom. The highest BCUT2D eigenvalue weighted by molar-refractivity contribution is 5.83. The lowest BCUT2D eigenvalue weighted by molar-refractivity contribution is 0.188. The van der Waals surface area contributed by atoms with Gasteiger partial charge in [-0.3, -0.25) is 0 Å². The van der Waals surface area contributed by atoms with Gasteiger partial charge in [0.25, 0.3) is 0 Å². The molecular weight excluding hydrogens is 174 g/mol. The highest BCUT2D eigenvalue weighted by Gasteiger charge is 2.03. The molecule has 0 atom stereocenters. The van der Waals surface area contributed by atoms with Gasteiger partial charge in [0.2, 0.25) is 0 Å². The molecule has 0 bridgehead atoms. The predicted molar refractivity (Wildman–Crippen MR) is 58.6 cm³/mol. The Labute approximate surface area is 84.1 Å². The lowest BCUT2D eigenvalue weighted by Gasteiger charge is -2.03. The number of hydrogen-bond donors (Lipinski definition) is 0. The summed E-state index contributed by atoms with van der Waals surface area (Å²) < 4.78 is 7.33. The molecular formula is C12H15NO. The summed E-state index contributed by atoms with van der Waals surface area (Å²) in [6.45, 7) is 3.83. The molecule has 1 aromatic heterocycles. The van der Waals surface area contributed by atoms with Crippen LogP contribution < -0.4 is 0 Å². The number of hydrogen-bond acceptors (Lipinski definition) is 1. The Hall–Kier alpha value is -1.28. The molecule has 1 heterocycles. The van der Waals surface area contributed by atoms with Gasteiger partial charge in [-0.05, 0) is 18.6 Å². The number of aryl methyl sites for hydroxylation is 1. The lowest BCUT2D eigenvalue weighted by atomic mass is 10.2. The molecule has 0 unspecified atom stereocenters. The largest absolute Gasteiger partial charge is 0.383 e. The molecule has 0 N–H and O–H groups in total. The molecule has 1 aromatic carbocycles. The Bertz CT molecular complexity index is 431. The first-order chi connectivity index (χ1) is 6.83. The van der Waals surface area contributed by atoms with Crippen molar-refractivity contribution in [2.24, 2.45) is 0 Å². The summed E-state index contributed by atoms with van der Waals surface area (Å²) in [6, 6.07) is 8.47. The zero-order chi connectivity index (χ0) is 9.97. The van der Waals surface area contributed by atoms with Crippen LogP contribution in [0.5, 0.6) is 0 Å². The van der Waals surface area contributed by atoms with Crippen molar-refractivity contribution in [3.63, 3.8) is 0 Å². The van der Waals surface area contributed by atoms with Crippen LogP contribution in [0, 0.1) is 6.92 Å². The average Bonchev–Trinajstić information content (AvgIpc) is 2.54. The minimum Gasteiger partial charge on any atom is -0.383 e. The zero-order valence-corrected chi connectivity index (χ0v) is 8.66. The summed E-state index contributed by atoms with van der Waals surface area (Å²) in [4.78, 5) is 0. The van der Waals surface area contributed by atoms with E-state index < -0.39 is 0 Å². The summed E-state index contributed by atoms with van der Waals surface area (Å²) in [7, 11) is 1.73. The van der Waals surface area contributed by atoms with Crippen LogP contribution in [0.1, 0.15) is 5.56 Å². The highest BCUT2D eigenvalue weighted by atomic mass is 16.5. The topological polar surface area (TPSA) is 14.2 Å². The Balaban J connectivity index is 2.44. The molecule has 0 fully saturated rings. The van der Waals surface area contributed by atoms with E-state index in [1.54, 1.807) is 7.11 Å². The van der Waals surface area contributed by atoms with E-state index >= 15 is 0 Å². The van der Waals surface area contributed by atoms with Crippen LogP contribution >= 0.6 is 0 Å². The van der Waals surface area contributed by atoms with Gasteiger partial charge in [-0.1, -0.05) is 18.2 Å². The highest BCUT2D eigenvalue weighted by Crippen LogP contribution is 2.19. The second kappa shape index (κ2) is 3.84. The molecule has 2 nitrogen and oxygen atoms in total. The van der Waals surface area contributed by atoms with Crippen molar-refractivity contribution >= 4 is 10.9 Å². The van der Waals surface area contributed by atoms with Crippen molar-refractivity contribution in [2.45, 2.75) is 13.5 Å². The fourth-order valence-corrected chi connectivity index (χ4v) is 1.81. The van der Waals surface area contributed by atoms with Crippen LogP contribution in [0.25, 0.3) is 10.9 Å². The Kier molecular flexibility index (Phi) is 2.55. The maximum atomic E-state index is 5.08. The third-order valence-electron chi connectivity index (χ3n) is 2.52. The van der Waals surface area contributed by atoms with E-state index in [1.165, 1.54) is 16.5 Å². The number of aromatic nitrogens is 1. The summed E-state index contributed by atoms with van der Waals surface area (Å²) in [5, 5.41) is 1.34. The minimum absolute atomic E-state index is 0.762. The number of para-hydroxylation sites is 1. The smallest absolute Gasteiger partial charge is 0.0641 e. The van der Waals surface area contributed by atoms with Crippen LogP contribution in [-0.4, -0.2) is 18.3 Å². The first-order valence-corrected chi connectivity index (χ1v) is 4.86. The first-order valence-electron chi connectivity index (χ1n) is 4.86. The molecule has 2 rings (SSSR count). The standard InChI is InChI=1S/C12H15NO/c1-10-9-13(7-8-14-2)12-6-4-3-5-11(10)12/h3-6,9H,7-8H2,1-2H3. The normalized spacial score (nSPS) is 11.0. The number of methoxy groups -OCH3 is 1. The number of ether oxygens (including phenoxy) is 1. The third-order valence-corrected chi connectivity index (χ3v) is 2.52. The fourth-order valence-electron chi connectivity index (χ4n) is 1.81. The van der Waals surface area contributed by atoms with E-state index in [0.29, 0.717) is 0 Å². The SMILES string of the molecule is COCCn1cc(C)c2ccccc21. The van der Waals surface area contributed by atoms with E-state index in [-0.39, 0.29) is 0 Å². The van der Waals surface area contributed by atoms with Crippen molar-refractivity contribution in [2.75, 3.05) is 13.7 Å². The van der Waals surface area contributed by atoms with Crippen molar-refractivity contribution in [1.29, 1.82) is 0 Å². The van der Waals surface area contributed by atoms with Gasteiger partial charge in [-0.2, -0.15) is 0 Å². The van der Waals surface area contributed by atoms with Crippen LogP contribution in [0.2, 0.25) is 0 Å². The molecule has 2 aromatic rings. The molecule has 0 aliphatic heterocycles. The summed E-state index contributed by atoms with van der Waals surface area (Å²) >= 11 is 0. The Morgan fingerprint density at radius 1 is 1.29 bits per heavy atom. The minimum atomic E-state index is 0.762. The Morgan fingerprint density at radius 2 is 2.07 bits per heavy atom. The second-order valence-corrected chi connectivity index (χ2v) is 3.52. The maximum Gasteiger partial charge on any atom is 0.0641 e. The summed E-state index contributed by atoms with van der Waals surface area (Å²) in [5.74, 6) is 0. The molecule has 74 valence electrons. The van der Waals surface area contributed by atoms with Gasteiger partial charge in [0, 0.05) is 30.8 Å². The van der Waals surface area contributed by atoms with Gasteiger partial charge in [-0.15, -0.1) is 0 Å². The average molecular weight is 189 g/mol. The predicted octanol–water partition coefficient (Wildman–Crippen LogP) is 2.60. The lowest BCUT2D eigenvalue weighted by Crippen LogP contribution is -2.02. The quantitative estimate of drug-likeness (QED) is 0.724. The third kappa shape index (κ3) is 1.53. The zero-order valence-electron chi connectivity index (χ0n) is 8.66. The maximum absolute atomic E-state index is 5.08. The molecule has 2 heteroatoms. The number of rotatable bonds is 3. The van der Waals surface area contributed by atoms with Crippen LogP contribution in [0.4, 0.5) is 0 Å². The van der Waals surface area contributed by atoms with Gasteiger partial charge in [-0.25, -0.2) is 0 Å². The van der Waals surface area contributed by atoms with Crippen molar-refractivity contribution in [3.8, 4) is 0 Å². The number of fused-ring (bicyclic) bond motifs is 1. The molecule has 0 aliphatic rings. The van der Waals surface area contributed by atoms with Crippen LogP contribution in [-0.2, 0) is 11.3 Å². The summed E-state index contributed by atoms with van der Waals surface area (Å²) in [6.07, 6.45) is 2.18. The molecule has 0 saturated carbocycles. The van der Waals surface area contributed by atoms with Gasteiger partial charge in [0.15, 0.2) is 0 Å². The molecule has 0 saturated heterocycles. The molecule has 0 radical (unpaired) electrons. The van der Waals surface area contributed by atoms with Crippen molar-refractivity contribution in [1.82, 2.24) is 4.57 Å². The number of nitrogens with zero attached hydrogens (tertiary/aromatic N) is 1. The molecule has 0 aliphatic carbocycles. The van der Waals surface area contributed by atoms with E-state index in [1.807, 2.05) is 0 Å².